The molecule has 0 unspecified atom stereocenters. The third-order valence-electron chi connectivity index (χ3n) is 4.85. The maximum atomic E-state index is 4.48. The van der Waals surface area contributed by atoms with E-state index in [4.69, 9.17) is 0 Å². The molecule has 0 fully saturated rings. The summed E-state index contributed by atoms with van der Waals surface area (Å²) in [6.07, 6.45) is 10.6. The molecule has 0 radical (unpaired) electrons. The zero-order valence-corrected chi connectivity index (χ0v) is 17.9. The minimum atomic E-state index is 0.687. The van der Waals surface area contributed by atoms with E-state index in [2.05, 4.69) is 58.3 Å². The van der Waals surface area contributed by atoms with Gasteiger partial charge in [-0.2, -0.15) is 0 Å². The van der Waals surface area contributed by atoms with E-state index in [1.54, 1.807) is 6.20 Å². The van der Waals surface area contributed by atoms with E-state index >= 15 is 0 Å². The van der Waals surface area contributed by atoms with E-state index in [-0.39, 0.29) is 0 Å². The number of rotatable bonds is 14. The molecule has 1 aromatic carbocycles. The van der Waals surface area contributed by atoms with Crippen LogP contribution in [0.5, 0.6) is 0 Å². The molecule has 0 bridgehead atoms. The minimum absolute atomic E-state index is 0.687. The molecule has 0 aliphatic heterocycles. The largest absolute Gasteiger partial charge is 0.333 e. The predicted octanol–water partition coefficient (Wildman–Crippen LogP) is 4.03. The van der Waals surface area contributed by atoms with Gasteiger partial charge in [0.05, 0.1) is 12.8 Å². The van der Waals surface area contributed by atoms with Crippen molar-refractivity contribution >= 4 is 6.21 Å². The topological polar surface area (TPSA) is 45.4 Å². The van der Waals surface area contributed by atoms with Crippen molar-refractivity contribution in [2.75, 3.05) is 26.2 Å². The summed E-state index contributed by atoms with van der Waals surface area (Å²) in [5.74, 6) is 0.883. The summed E-state index contributed by atoms with van der Waals surface area (Å²) < 4.78 is 1.96. The van der Waals surface area contributed by atoms with Crippen molar-refractivity contribution in [1.29, 1.82) is 0 Å². The van der Waals surface area contributed by atoms with Gasteiger partial charge in [0.25, 0.3) is 0 Å². The smallest absolute Gasteiger partial charge is 0.150 e. The Bertz CT molecular complexity index is 669. The lowest BCUT2D eigenvalue weighted by molar-refractivity contribution is 0.268. The van der Waals surface area contributed by atoms with Crippen molar-refractivity contribution in [2.45, 2.75) is 52.6 Å². The number of aryl methyl sites for hydroxylation is 1. The number of hydrogen-bond acceptors (Lipinski definition) is 4. The molecule has 154 valence electrons. The summed E-state index contributed by atoms with van der Waals surface area (Å²) in [4.78, 5) is 11.3. The Labute approximate surface area is 170 Å². The van der Waals surface area contributed by atoms with Crippen molar-refractivity contribution in [3.05, 3.63) is 53.6 Å². The predicted molar refractivity (Wildman–Crippen MR) is 119 cm³/mol. The van der Waals surface area contributed by atoms with Crippen LogP contribution in [0.2, 0.25) is 0 Å². The van der Waals surface area contributed by atoms with Crippen molar-refractivity contribution in [2.24, 2.45) is 12.0 Å². The van der Waals surface area contributed by atoms with Crippen molar-refractivity contribution in [1.82, 2.24) is 19.8 Å². The number of imidazole rings is 1. The van der Waals surface area contributed by atoms with E-state index < -0.39 is 0 Å². The standard InChI is InChI=1S/C23H37N5/c1-4-14-28(15-5-2)16-7-6-12-24-18-21-8-10-22(11-9-21)19-25-20-23-26-13-17-27(23)3/h8-11,13,17,20,24H,4-7,12,14-16,18-19H2,1-3H3. The second-order valence-electron chi connectivity index (χ2n) is 7.41. The number of nitrogens with one attached hydrogen (secondary N) is 1. The highest BCUT2D eigenvalue weighted by molar-refractivity contribution is 5.74. The Hall–Kier alpha value is -1.98. The zero-order valence-electron chi connectivity index (χ0n) is 17.9. The number of aromatic nitrogens is 2. The van der Waals surface area contributed by atoms with Gasteiger partial charge >= 0.3 is 0 Å². The van der Waals surface area contributed by atoms with Crippen LogP contribution in [0.25, 0.3) is 0 Å². The van der Waals surface area contributed by atoms with Crippen LogP contribution in [0.1, 0.15) is 56.5 Å². The summed E-state index contributed by atoms with van der Waals surface area (Å²) in [7, 11) is 1.97. The molecule has 28 heavy (non-hydrogen) atoms. The number of unbranched alkanes of at least 4 members (excludes halogenated alkanes) is 1. The lowest BCUT2D eigenvalue weighted by atomic mass is 10.1. The molecule has 0 aliphatic carbocycles. The van der Waals surface area contributed by atoms with Gasteiger partial charge in [0.15, 0.2) is 0 Å². The summed E-state index contributed by atoms with van der Waals surface area (Å²) in [6, 6.07) is 8.73. The molecule has 1 heterocycles. The molecule has 2 aromatic rings. The zero-order chi connectivity index (χ0) is 20.0. The Morgan fingerprint density at radius 1 is 1.04 bits per heavy atom. The van der Waals surface area contributed by atoms with Crippen LogP contribution < -0.4 is 5.32 Å². The van der Waals surface area contributed by atoms with Crippen LogP contribution in [0, 0.1) is 0 Å². The second kappa shape index (κ2) is 13.2. The summed E-state index contributed by atoms with van der Waals surface area (Å²) >= 11 is 0. The third kappa shape index (κ3) is 8.36. The van der Waals surface area contributed by atoms with Gasteiger partial charge in [-0.1, -0.05) is 38.1 Å². The normalized spacial score (nSPS) is 11.7. The van der Waals surface area contributed by atoms with Crippen LogP contribution in [-0.2, 0) is 20.1 Å². The first kappa shape index (κ1) is 22.3. The lowest BCUT2D eigenvalue weighted by Gasteiger charge is -2.20. The molecule has 2 rings (SSSR count). The molecule has 5 nitrogen and oxygen atoms in total. The Balaban J connectivity index is 1.61. The van der Waals surface area contributed by atoms with E-state index in [0.717, 1.165) is 18.9 Å². The first-order valence-electron chi connectivity index (χ1n) is 10.7. The van der Waals surface area contributed by atoms with Gasteiger partial charge in [-0.15, -0.1) is 0 Å². The fourth-order valence-electron chi connectivity index (χ4n) is 3.28. The molecular formula is C23H37N5. The first-order chi connectivity index (χ1) is 13.7. The number of aliphatic imine (C=N–C) groups is 1. The van der Waals surface area contributed by atoms with Gasteiger partial charge in [-0.05, 0) is 63.0 Å². The van der Waals surface area contributed by atoms with Crippen LogP contribution in [0.15, 0.2) is 41.7 Å². The van der Waals surface area contributed by atoms with Crippen LogP contribution >= 0.6 is 0 Å². The number of nitrogens with zero attached hydrogens (tertiary/aromatic N) is 4. The molecule has 5 heteroatoms. The Morgan fingerprint density at radius 3 is 2.39 bits per heavy atom. The van der Waals surface area contributed by atoms with Gasteiger partial charge < -0.3 is 14.8 Å². The van der Waals surface area contributed by atoms with Gasteiger partial charge in [-0.25, -0.2) is 4.98 Å². The number of benzene rings is 1. The molecule has 1 aromatic heterocycles. The van der Waals surface area contributed by atoms with E-state index in [1.807, 2.05) is 24.0 Å². The Kier molecular flexibility index (Phi) is 10.5. The summed E-state index contributed by atoms with van der Waals surface area (Å²) in [5.41, 5.74) is 2.55. The third-order valence-corrected chi connectivity index (χ3v) is 4.85. The highest BCUT2D eigenvalue weighted by atomic mass is 15.1. The van der Waals surface area contributed by atoms with Gasteiger partial charge in [0, 0.05) is 26.0 Å². The molecular weight excluding hydrogens is 346 g/mol. The molecule has 0 aliphatic rings. The summed E-state index contributed by atoms with van der Waals surface area (Å²) in [6.45, 7) is 10.9. The first-order valence-corrected chi connectivity index (χ1v) is 10.7. The van der Waals surface area contributed by atoms with Crippen molar-refractivity contribution in [3.63, 3.8) is 0 Å². The molecule has 1 N–H and O–H groups in total. The average molecular weight is 384 g/mol. The van der Waals surface area contributed by atoms with Gasteiger partial charge in [0.2, 0.25) is 0 Å². The Morgan fingerprint density at radius 2 is 1.75 bits per heavy atom. The fourth-order valence-corrected chi connectivity index (χ4v) is 3.28. The maximum Gasteiger partial charge on any atom is 0.150 e. The van der Waals surface area contributed by atoms with Crippen molar-refractivity contribution < 1.29 is 0 Å². The van der Waals surface area contributed by atoms with Crippen LogP contribution in [-0.4, -0.2) is 46.8 Å². The highest BCUT2D eigenvalue weighted by Crippen LogP contribution is 2.06. The molecule has 0 saturated heterocycles. The SMILES string of the molecule is CCCN(CCC)CCCCNCc1ccc(CN=Cc2nccn2C)cc1. The van der Waals surface area contributed by atoms with E-state index in [0.29, 0.717) is 6.54 Å². The van der Waals surface area contributed by atoms with Crippen LogP contribution in [0.4, 0.5) is 0 Å². The average Bonchev–Trinajstić information content (AvgIpc) is 3.11. The monoisotopic (exact) mass is 383 g/mol. The van der Waals surface area contributed by atoms with Crippen LogP contribution in [0.3, 0.4) is 0 Å². The van der Waals surface area contributed by atoms with E-state index in [1.165, 1.54) is 56.4 Å². The second-order valence-corrected chi connectivity index (χ2v) is 7.41. The molecule has 0 atom stereocenters. The molecule has 0 saturated carbocycles. The highest BCUT2D eigenvalue weighted by Gasteiger charge is 2.01. The molecule has 0 spiro atoms. The van der Waals surface area contributed by atoms with Gasteiger partial charge in [0.1, 0.15) is 5.82 Å². The molecule has 0 amide bonds. The van der Waals surface area contributed by atoms with Gasteiger partial charge in [-0.3, -0.25) is 4.99 Å². The lowest BCUT2D eigenvalue weighted by Crippen LogP contribution is -2.27. The fraction of sp³-hybridized carbons (Fsp3) is 0.565. The maximum absolute atomic E-state index is 4.48. The van der Waals surface area contributed by atoms with E-state index in [9.17, 15) is 0 Å². The number of hydrogen-bond donors (Lipinski definition) is 1. The van der Waals surface area contributed by atoms with Crippen molar-refractivity contribution in [3.8, 4) is 0 Å². The summed E-state index contributed by atoms with van der Waals surface area (Å²) in [5, 5.41) is 3.57. The quantitative estimate of drug-likeness (QED) is 0.396. The minimum Gasteiger partial charge on any atom is -0.333 e.